The van der Waals surface area contributed by atoms with Crippen molar-refractivity contribution < 1.29 is 14.3 Å². The number of hydrogen-bond donors (Lipinski definition) is 2. The summed E-state index contributed by atoms with van der Waals surface area (Å²) in [5, 5.41) is 9.70. The van der Waals surface area contributed by atoms with E-state index in [4.69, 9.17) is 4.74 Å². The van der Waals surface area contributed by atoms with Crippen LogP contribution in [0.15, 0.2) is 79.5 Å². The van der Waals surface area contributed by atoms with Crippen LogP contribution < -0.4 is 15.4 Å². The highest BCUT2D eigenvalue weighted by Crippen LogP contribution is 2.28. The maximum absolute atomic E-state index is 12.9. The number of rotatable bonds is 7. The molecular formula is C26H23N7O3. The summed E-state index contributed by atoms with van der Waals surface area (Å²) in [5.74, 6) is 0.793. The Labute approximate surface area is 206 Å². The van der Waals surface area contributed by atoms with E-state index in [0.29, 0.717) is 40.7 Å². The maximum atomic E-state index is 12.9. The Kier molecular flexibility index (Phi) is 6.14. The molecule has 0 fully saturated rings. The maximum Gasteiger partial charge on any atom is 0.275 e. The molecule has 2 amide bonds. The Hall–Kier alpha value is -4.99. The molecule has 5 rings (SSSR count). The number of carbonyl (C=O) groups is 2. The van der Waals surface area contributed by atoms with E-state index in [1.807, 2.05) is 35.9 Å². The molecule has 0 aliphatic carbocycles. The average molecular weight is 482 g/mol. The lowest BCUT2D eigenvalue weighted by atomic mass is 10.1. The van der Waals surface area contributed by atoms with E-state index in [2.05, 4.69) is 25.7 Å². The first-order valence-corrected chi connectivity index (χ1v) is 11.2. The number of aromatic nitrogens is 5. The van der Waals surface area contributed by atoms with Crippen LogP contribution in [-0.2, 0) is 13.6 Å². The fraction of sp³-hybridized carbons (Fsp3) is 0.115. The molecule has 0 saturated carbocycles. The zero-order chi connectivity index (χ0) is 25.1. The van der Waals surface area contributed by atoms with Gasteiger partial charge in [-0.05, 0) is 42.8 Å². The van der Waals surface area contributed by atoms with Gasteiger partial charge in [-0.2, -0.15) is 5.10 Å². The van der Waals surface area contributed by atoms with Gasteiger partial charge in [-0.3, -0.25) is 14.3 Å². The molecule has 0 aliphatic rings. The predicted octanol–water partition coefficient (Wildman–Crippen LogP) is 3.75. The topological polar surface area (TPSA) is 115 Å². The molecule has 4 aromatic heterocycles. The fourth-order valence-electron chi connectivity index (χ4n) is 3.77. The summed E-state index contributed by atoms with van der Waals surface area (Å²) in [6.45, 7) is 2.20. The third-order valence-electron chi connectivity index (χ3n) is 5.69. The monoisotopic (exact) mass is 481 g/mol. The fourth-order valence-corrected chi connectivity index (χ4v) is 3.77. The van der Waals surface area contributed by atoms with Crippen LogP contribution >= 0.6 is 0 Å². The Morgan fingerprint density at radius 2 is 1.89 bits per heavy atom. The van der Waals surface area contributed by atoms with Gasteiger partial charge in [-0.1, -0.05) is 12.1 Å². The van der Waals surface area contributed by atoms with Gasteiger partial charge >= 0.3 is 0 Å². The lowest BCUT2D eigenvalue weighted by Gasteiger charge is -2.13. The van der Waals surface area contributed by atoms with E-state index in [9.17, 15) is 9.59 Å². The number of aryl methyl sites for hydroxylation is 1. The van der Waals surface area contributed by atoms with Crippen molar-refractivity contribution in [3.63, 3.8) is 0 Å². The Bertz CT molecular complexity index is 1570. The van der Waals surface area contributed by atoms with E-state index < -0.39 is 0 Å². The minimum Gasteiger partial charge on any atom is -0.457 e. The molecule has 36 heavy (non-hydrogen) atoms. The van der Waals surface area contributed by atoms with Gasteiger partial charge in [0.15, 0.2) is 0 Å². The van der Waals surface area contributed by atoms with Crippen LogP contribution in [0.1, 0.15) is 32.0 Å². The van der Waals surface area contributed by atoms with Crippen molar-refractivity contribution in [2.75, 3.05) is 5.32 Å². The van der Waals surface area contributed by atoms with Gasteiger partial charge in [0.2, 0.25) is 0 Å². The smallest absolute Gasteiger partial charge is 0.275 e. The van der Waals surface area contributed by atoms with E-state index in [0.717, 1.165) is 11.2 Å². The van der Waals surface area contributed by atoms with Crippen molar-refractivity contribution in [2.24, 2.45) is 7.05 Å². The van der Waals surface area contributed by atoms with Crippen LogP contribution in [0.5, 0.6) is 11.5 Å². The number of benzene rings is 1. The van der Waals surface area contributed by atoms with Crippen LogP contribution in [0.2, 0.25) is 0 Å². The first kappa shape index (κ1) is 22.8. The Balaban J connectivity index is 1.27. The molecule has 0 spiro atoms. The normalized spacial score (nSPS) is 10.8. The number of carbonyl (C=O) groups excluding carboxylic acids is 2. The zero-order valence-corrected chi connectivity index (χ0v) is 19.7. The predicted molar refractivity (Wildman–Crippen MR) is 133 cm³/mol. The quantitative estimate of drug-likeness (QED) is 0.366. The minimum absolute atomic E-state index is 0.206. The summed E-state index contributed by atoms with van der Waals surface area (Å²) in [4.78, 5) is 33.8. The van der Waals surface area contributed by atoms with Gasteiger partial charge in [0.25, 0.3) is 11.8 Å². The minimum atomic E-state index is -0.332. The number of fused-ring (bicyclic) bond motifs is 1. The largest absolute Gasteiger partial charge is 0.457 e. The van der Waals surface area contributed by atoms with Gasteiger partial charge in [0, 0.05) is 61.8 Å². The molecule has 0 aliphatic heterocycles. The number of hydrogen-bond acceptors (Lipinski definition) is 6. The molecule has 180 valence electrons. The first-order valence-electron chi connectivity index (χ1n) is 11.2. The highest BCUT2D eigenvalue weighted by atomic mass is 16.5. The van der Waals surface area contributed by atoms with Crippen LogP contribution in [0.3, 0.4) is 0 Å². The van der Waals surface area contributed by atoms with Crippen LogP contribution in [0.25, 0.3) is 5.65 Å². The number of nitrogens with zero attached hydrogens (tertiary/aromatic N) is 5. The highest BCUT2D eigenvalue weighted by Gasteiger charge is 2.15. The second kappa shape index (κ2) is 9.71. The molecule has 10 nitrogen and oxygen atoms in total. The van der Waals surface area contributed by atoms with Gasteiger partial charge < -0.3 is 19.8 Å². The van der Waals surface area contributed by atoms with Gasteiger partial charge in [-0.15, -0.1) is 0 Å². The summed E-state index contributed by atoms with van der Waals surface area (Å²) in [6, 6.07) is 14.1. The average Bonchev–Trinajstić information content (AvgIpc) is 3.52. The van der Waals surface area contributed by atoms with E-state index in [-0.39, 0.29) is 11.8 Å². The summed E-state index contributed by atoms with van der Waals surface area (Å²) >= 11 is 0. The summed E-state index contributed by atoms with van der Waals surface area (Å²) in [5.41, 5.74) is 3.41. The number of imidazole rings is 1. The zero-order valence-electron chi connectivity index (χ0n) is 19.7. The molecule has 2 N–H and O–H groups in total. The molecule has 0 atom stereocenters. The third-order valence-corrected chi connectivity index (χ3v) is 5.69. The number of pyridine rings is 2. The third kappa shape index (κ3) is 4.78. The van der Waals surface area contributed by atoms with Gasteiger partial charge in [0.1, 0.15) is 28.7 Å². The van der Waals surface area contributed by atoms with E-state index in [1.54, 1.807) is 55.8 Å². The molecule has 4 heterocycles. The lowest BCUT2D eigenvalue weighted by molar-refractivity contribution is 0.0949. The molecule has 5 aromatic rings. The van der Waals surface area contributed by atoms with E-state index in [1.165, 1.54) is 10.9 Å². The molecular weight excluding hydrogens is 458 g/mol. The van der Waals surface area contributed by atoms with Crippen LogP contribution in [-0.4, -0.2) is 36.0 Å². The van der Waals surface area contributed by atoms with Crippen molar-refractivity contribution in [3.8, 4) is 11.5 Å². The molecule has 0 saturated heterocycles. The van der Waals surface area contributed by atoms with Crippen molar-refractivity contribution in [3.05, 3.63) is 102 Å². The van der Waals surface area contributed by atoms with Crippen molar-refractivity contribution >= 4 is 23.3 Å². The Morgan fingerprint density at radius 3 is 2.72 bits per heavy atom. The summed E-state index contributed by atoms with van der Waals surface area (Å²) in [6.07, 6.45) is 8.61. The van der Waals surface area contributed by atoms with Crippen LogP contribution in [0.4, 0.5) is 5.82 Å². The molecule has 0 bridgehead atoms. The van der Waals surface area contributed by atoms with Crippen molar-refractivity contribution in [1.82, 2.24) is 29.5 Å². The number of amides is 2. The lowest BCUT2D eigenvalue weighted by Crippen LogP contribution is -2.23. The number of anilines is 1. The second-order valence-electron chi connectivity index (χ2n) is 8.11. The first-order chi connectivity index (χ1) is 17.5. The molecule has 0 radical (unpaired) electrons. The standard InChI is InChI=1S/C26H23N7O3/c1-17-20(25(34)29-15-18-6-7-24-28-12-13-33(24)16-18)4-3-5-22(17)36-19-8-10-27-23(14-19)31-26(35)21-9-11-30-32(21)2/h3-14,16H,15H2,1-2H3,(H,29,34)(H,27,31,35). The SMILES string of the molecule is Cc1c(Oc2ccnc(NC(=O)c3ccnn3C)c2)cccc1C(=O)NCc1ccc2nccn2c1. The summed E-state index contributed by atoms with van der Waals surface area (Å²) < 4.78 is 9.42. The van der Waals surface area contributed by atoms with Gasteiger partial charge in [0.05, 0.1) is 0 Å². The van der Waals surface area contributed by atoms with Crippen molar-refractivity contribution in [2.45, 2.75) is 13.5 Å². The number of nitrogens with one attached hydrogen (secondary N) is 2. The number of ether oxygens (including phenoxy) is 1. The molecule has 1 aromatic carbocycles. The van der Waals surface area contributed by atoms with E-state index >= 15 is 0 Å². The molecule has 0 unspecified atom stereocenters. The van der Waals surface area contributed by atoms with Gasteiger partial charge in [-0.25, -0.2) is 9.97 Å². The van der Waals surface area contributed by atoms with Crippen LogP contribution in [0, 0.1) is 6.92 Å². The molecule has 10 heteroatoms. The highest BCUT2D eigenvalue weighted by molar-refractivity contribution is 6.02. The second-order valence-corrected chi connectivity index (χ2v) is 8.11. The van der Waals surface area contributed by atoms with Crippen molar-refractivity contribution in [1.29, 1.82) is 0 Å². The summed E-state index contributed by atoms with van der Waals surface area (Å²) in [7, 11) is 1.69. The Morgan fingerprint density at radius 1 is 1.00 bits per heavy atom.